The molecule has 1 aromatic rings. The number of aryl methyl sites for hydroxylation is 1. The molecule has 0 aliphatic carbocycles. The number of rotatable bonds is 7. The number of nitrogens with one attached hydrogen (secondary N) is 1. The average Bonchev–Trinajstić information content (AvgIpc) is 2.38. The summed E-state index contributed by atoms with van der Waals surface area (Å²) in [5.74, 6) is 0. The van der Waals surface area contributed by atoms with Crippen LogP contribution in [0.3, 0.4) is 0 Å². The zero-order valence-corrected chi connectivity index (χ0v) is 12.5. The number of nitrogen functional groups attached to an aromatic ring is 1. The topological polar surface area (TPSA) is 81.4 Å². The Kier molecular flexibility index (Phi) is 5.78. The van der Waals surface area contributed by atoms with Crippen molar-refractivity contribution in [2.24, 2.45) is 0 Å². The van der Waals surface area contributed by atoms with Crippen molar-refractivity contribution in [2.45, 2.75) is 37.6 Å². The molecule has 5 nitrogen and oxygen atoms in total. The average molecular weight is 286 g/mol. The standard InChI is InChI=1S/C13H22N2O3S/c1-4-10-6-7-11(14)8-13(10)19(16,17)15-12(5-2)9-18-3/h6-8,12,15H,4-5,9,14H2,1-3H3. The third kappa shape index (κ3) is 4.19. The van der Waals surface area contributed by atoms with Crippen LogP contribution >= 0.6 is 0 Å². The van der Waals surface area contributed by atoms with Crippen molar-refractivity contribution in [3.63, 3.8) is 0 Å². The lowest BCUT2D eigenvalue weighted by molar-refractivity contribution is 0.173. The van der Waals surface area contributed by atoms with E-state index in [4.69, 9.17) is 10.5 Å². The molecule has 3 N–H and O–H groups in total. The van der Waals surface area contributed by atoms with E-state index in [2.05, 4.69) is 4.72 Å². The molecule has 0 saturated carbocycles. The van der Waals surface area contributed by atoms with Crippen LogP contribution in [-0.4, -0.2) is 28.2 Å². The second kappa shape index (κ2) is 6.88. The van der Waals surface area contributed by atoms with Crippen molar-refractivity contribution >= 4 is 15.7 Å². The van der Waals surface area contributed by atoms with Gasteiger partial charge in [0, 0.05) is 18.8 Å². The number of sulfonamides is 1. The quantitative estimate of drug-likeness (QED) is 0.745. The van der Waals surface area contributed by atoms with Gasteiger partial charge in [-0.05, 0) is 30.5 Å². The maximum absolute atomic E-state index is 12.4. The van der Waals surface area contributed by atoms with Crippen LogP contribution in [0.25, 0.3) is 0 Å². The molecule has 0 amide bonds. The van der Waals surface area contributed by atoms with Gasteiger partial charge in [-0.25, -0.2) is 13.1 Å². The van der Waals surface area contributed by atoms with E-state index in [1.165, 1.54) is 6.07 Å². The van der Waals surface area contributed by atoms with E-state index in [1.807, 2.05) is 13.8 Å². The lowest BCUT2D eigenvalue weighted by atomic mass is 10.1. The Hall–Kier alpha value is -1.11. The van der Waals surface area contributed by atoms with Gasteiger partial charge in [0.15, 0.2) is 0 Å². The molecule has 1 rings (SSSR count). The second-order valence-corrected chi connectivity index (χ2v) is 6.08. The molecule has 0 aliphatic rings. The van der Waals surface area contributed by atoms with Crippen LogP contribution in [0.2, 0.25) is 0 Å². The minimum Gasteiger partial charge on any atom is -0.399 e. The fourth-order valence-corrected chi connectivity index (χ4v) is 3.48. The molecule has 0 radical (unpaired) electrons. The Balaban J connectivity index is 3.09. The molecule has 19 heavy (non-hydrogen) atoms. The third-order valence-electron chi connectivity index (χ3n) is 2.94. The van der Waals surface area contributed by atoms with E-state index >= 15 is 0 Å². The molecule has 1 aromatic carbocycles. The van der Waals surface area contributed by atoms with E-state index in [0.717, 1.165) is 5.56 Å². The highest BCUT2D eigenvalue weighted by Gasteiger charge is 2.21. The van der Waals surface area contributed by atoms with Gasteiger partial charge in [-0.3, -0.25) is 0 Å². The van der Waals surface area contributed by atoms with Crippen molar-refractivity contribution in [3.05, 3.63) is 23.8 Å². The summed E-state index contributed by atoms with van der Waals surface area (Å²) in [7, 11) is -2.02. The van der Waals surface area contributed by atoms with E-state index in [1.54, 1.807) is 19.2 Å². The Morgan fingerprint density at radius 1 is 1.37 bits per heavy atom. The zero-order chi connectivity index (χ0) is 14.5. The monoisotopic (exact) mass is 286 g/mol. The summed E-state index contributed by atoms with van der Waals surface area (Å²) in [4.78, 5) is 0.254. The maximum atomic E-state index is 12.4. The van der Waals surface area contributed by atoms with Gasteiger partial charge in [0.05, 0.1) is 11.5 Å². The fourth-order valence-electron chi connectivity index (χ4n) is 1.83. The fraction of sp³-hybridized carbons (Fsp3) is 0.538. The van der Waals surface area contributed by atoms with E-state index in [-0.39, 0.29) is 10.9 Å². The molecule has 0 fully saturated rings. The highest BCUT2D eigenvalue weighted by atomic mass is 32.2. The summed E-state index contributed by atoms with van der Waals surface area (Å²) in [5.41, 5.74) is 6.88. The van der Waals surface area contributed by atoms with E-state index in [9.17, 15) is 8.42 Å². The van der Waals surface area contributed by atoms with E-state index < -0.39 is 10.0 Å². The highest BCUT2D eigenvalue weighted by Crippen LogP contribution is 2.20. The Labute approximate surface area is 115 Å². The maximum Gasteiger partial charge on any atom is 0.241 e. The molecule has 0 spiro atoms. The van der Waals surface area contributed by atoms with E-state index in [0.29, 0.717) is 25.1 Å². The third-order valence-corrected chi connectivity index (χ3v) is 4.55. The molecular formula is C13H22N2O3S. The summed E-state index contributed by atoms with van der Waals surface area (Å²) < 4.78 is 32.4. The Morgan fingerprint density at radius 2 is 2.05 bits per heavy atom. The molecular weight excluding hydrogens is 264 g/mol. The van der Waals surface area contributed by atoms with Crippen molar-refractivity contribution in [1.82, 2.24) is 4.72 Å². The Morgan fingerprint density at radius 3 is 2.58 bits per heavy atom. The molecule has 6 heteroatoms. The molecule has 0 aromatic heterocycles. The normalized spacial score (nSPS) is 13.4. The SMILES string of the molecule is CCc1ccc(N)cc1S(=O)(=O)NC(CC)COC. The first-order valence-corrected chi connectivity index (χ1v) is 7.82. The molecule has 0 aliphatic heterocycles. The number of methoxy groups -OCH3 is 1. The van der Waals surface area contributed by atoms with Gasteiger partial charge in [-0.2, -0.15) is 0 Å². The van der Waals surface area contributed by atoms with Crippen LogP contribution in [0.1, 0.15) is 25.8 Å². The van der Waals surface area contributed by atoms with Gasteiger partial charge in [0.25, 0.3) is 0 Å². The smallest absolute Gasteiger partial charge is 0.241 e. The number of nitrogens with two attached hydrogens (primary N) is 1. The van der Waals surface area contributed by atoms with Gasteiger partial charge < -0.3 is 10.5 Å². The van der Waals surface area contributed by atoms with Gasteiger partial charge in [0.2, 0.25) is 10.0 Å². The van der Waals surface area contributed by atoms with Crippen molar-refractivity contribution in [1.29, 1.82) is 0 Å². The number of benzene rings is 1. The van der Waals surface area contributed by atoms with Gasteiger partial charge in [0.1, 0.15) is 0 Å². The number of ether oxygens (including phenoxy) is 1. The zero-order valence-electron chi connectivity index (χ0n) is 11.6. The van der Waals surface area contributed by atoms with Crippen LogP contribution in [0.5, 0.6) is 0 Å². The van der Waals surface area contributed by atoms with Crippen LogP contribution in [-0.2, 0) is 21.2 Å². The van der Waals surface area contributed by atoms with Crippen molar-refractivity contribution in [3.8, 4) is 0 Å². The van der Waals surface area contributed by atoms with Crippen molar-refractivity contribution < 1.29 is 13.2 Å². The summed E-state index contributed by atoms with van der Waals surface area (Å²) in [6.07, 6.45) is 1.30. The lowest BCUT2D eigenvalue weighted by Crippen LogP contribution is -2.37. The van der Waals surface area contributed by atoms with Gasteiger partial charge >= 0.3 is 0 Å². The van der Waals surface area contributed by atoms with Gasteiger partial charge in [-0.1, -0.05) is 19.9 Å². The Bertz CT molecular complexity index is 515. The predicted octanol–water partition coefficient (Wildman–Crippen LogP) is 1.53. The minimum atomic E-state index is -3.57. The van der Waals surface area contributed by atoms with Crippen molar-refractivity contribution in [2.75, 3.05) is 19.5 Å². The highest BCUT2D eigenvalue weighted by molar-refractivity contribution is 7.89. The summed E-state index contributed by atoms with van der Waals surface area (Å²) in [5, 5.41) is 0. The molecule has 1 unspecified atom stereocenters. The first-order valence-electron chi connectivity index (χ1n) is 6.34. The largest absolute Gasteiger partial charge is 0.399 e. The number of anilines is 1. The summed E-state index contributed by atoms with van der Waals surface area (Å²) in [6.45, 7) is 4.17. The first kappa shape index (κ1) is 15.9. The minimum absolute atomic E-state index is 0.235. The summed E-state index contributed by atoms with van der Waals surface area (Å²) in [6, 6.07) is 4.73. The van der Waals surface area contributed by atoms with Crippen LogP contribution in [0.15, 0.2) is 23.1 Å². The van der Waals surface area contributed by atoms with Crippen LogP contribution in [0.4, 0.5) is 5.69 Å². The molecule has 0 bridgehead atoms. The number of hydrogen-bond donors (Lipinski definition) is 2. The molecule has 108 valence electrons. The molecule has 0 heterocycles. The predicted molar refractivity (Wildman–Crippen MR) is 76.5 cm³/mol. The molecule has 1 atom stereocenters. The van der Waals surface area contributed by atoms with Crippen LogP contribution < -0.4 is 10.5 Å². The van der Waals surface area contributed by atoms with Crippen LogP contribution in [0, 0.1) is 0 Å². The first-order chi connectivity index (χ1) is 8.94. The van der Waals surface area contributed by atoms with Gasteiger partial charge in [-0.15, -0.1) is 0 Å². The number of hydrogen-bond acceptors (Lipinski definition) is 4. The molecule has 0 saturated heterocycles. The summed E-state index contributed by atoms with van der Waals surface area (Å²) >= 11 is 0. The second-order valence-electron chi connectivity index (χ2n) is 4.40. The lowest BCUT2D eigenvalue weighted by Gasteiger charge is -2.17.